The molecule has 1 fully saturated rings. The molecule has 0 unspecified atom stereocenters. The van der Waals surface area contributed by atoms with Gasteiger partial charge in [0.15, 0.2) is 0 Å². The number of benzene rings is 2. The molecule has 1 N–H and O–H groups in total. The molecule has 5 nitrogen and oxygen atoms in total. The smallest absolute Gasteiger partial charge is 0.221 e. The summed E-state index contributed by atoms with van der Waals surface area (Å²) in [7, 11) is 0. The maximum Gasteiger partial charge on any atom is 0.221 e. The van der Waals surface area contributed by atoms with Gasteiger partial charge in [0.2, 0.25) is 5.91 Å². The molecule has 0 bridgehead atoms. The van der Waals surface area contributed by atoms with Crippen LogP contribution in [-0.2, 0) is 17.8 Å². The second kappa shape index (κ2) is 9.60. The molecule has 2 aromatic carbocycles. The first-order chi connectivity index (χ1) is 15.0. The maximum atomic E-state index is 14.3. The van der Waals surface area contributed by atoms with Crippen molar-refractivity contribution in [2.45, 2.75) is 46.1 Å². The highest BCUT2D eigenvalue weighted by atomic mass is 19.1. The van der Waals surface area contributed by atoms with E-state index in [0.29, 0.717) is 31.5 Å². The van der Waals surface area contributed by atoms with E-state index in [1.165, 1.54) is 30.0 Å². The Balaban J connectivity index is 1.49. The third kappa shape index (κ3) is 5.13. The van der Waals surface area contributed by atoms with Crippen LogP contribution in [0, 0.1) is 19.7 Å². The monoisotopic (exact) mass is 422 g/mol. The maximum absolute atomic E-state index is 14.3. The largest absolute Gasteiger partial charge is 0.355 e. The zero-order chi connectivity index (χ0) is 21.8. The van der Waals surface area contributed by atoms with Crippen LogP contribution in [0.1, 0.15) is 41.8 Å². The molecule has 31 heavy (non-hydrogen) atoms. The van der Waals surface area contributed by atoms with Crippen molar-refractivity contribution in [1.82, 2.24) is 19.8 Å². The van der Waals surface area contributed by atoms with E-state index in [1.807, 2.05) is 6.07 Å². The summed E-state index contributed by atoms with van der Waals surface area (Å²) in [6.45, 7) is 8.54. The third-order valence-corrected chi connectivity index (χ3v) is 6.26. The SMILES string of the molecule is Cc1cc2nc(Cc3ccccc3F)n(CCC(=O)NCCN3CCCC3)c2cc1C. The van der Waals surface area contributed by atoms with Gasteiger partial charge in [0, 0.05) is 32.5 Å². The lowest BCUT2D eigenvalue weighted by Gasteiger charge is -2.15. The van der Waals surface area contributed by atoms with Crippen LogP contribution in [0.3, 0.4) is 0 Å². The Hall–Kier alpha value is -2.73. The van der Waals surface area contributed by atoms with Gasteiger partial charge < -0.3 is 14.8 Å². The van der Waals surface area contributed by atoms with Crippen LogP contribution in [0.15, 0.2) is 36.4 Å². The number of nitrogens with one attached hydrogen (secondary N) is 1. The minimum atomic E-state index is -0.229. The van der Waals surface area contributed by atoms with Gasteiger partial charge in [-0.3, -0.25) is 4.79 Å². The zero-order valence-corrected chi connectivity index (χ0v) is 18.5. The summed E-state index contributed by atoms with van der Waals surface area (Å²) in [5.41, 5.74) is 4.86. The van der Waals surface area contributed by atoms with Crippen LogP contribution < -0.4 is 5.32 Å². The zero-order valence-electron chi connectivity index (χ0n) is 18.5. The predicted molar refractivity (Wildman–Crippen MR) is 122 cm³/mol. The topological polar surface area (TPSA) is 50.2 Å². The molecule has 1 aliphatic heterocycles. The van der Waals surface area contributed by atoms with Gasteiger partial charge in [-0.2, -0.15) is 0 Å². The first-order valence-corrected chi connectivity index (χ1v) is 11.2. The van der Waals surface area contributed by atoms with Gasteiger partial charge in [-0.05, 0) is 74.7 Å². The third-order valence-electron chi connectivity index (χ3n) is 6.26. The Labute approximate surface area is 183 Å². The second-order valence-electron chi connectivity index (χ2n) is 8.52. The minimum absolute atomic E-state index is 0.0433. The van der Waals surface area contributed by atoms with E-state index in [0.717, 1.165) is 36.5 Å². The molecular formula is C25H31FN4O. The fourth-order valence-electron chi connectivity index (χ4n) is 4.29. The summed E-state index contributed by atoms with van der Waals surface area (Å²) in [6, 6.07) is 11.0. The first-order valence-electron chi connectivity index (χ1n) is 11.2. The summed E-state index contributed by atoms with van der Waals surface area (Å²) in [5, 5.41) is 3.04. The summed E-state index contributed by atoms with van der Waals surface area (Å²) >= 11 is 0. The molecule has 0 radical (unpaired) electrons. The summed E-state index contributed by atoms with van der Waals surface area (Å²) in [5.74, 6) is 0.602. The molecule has 6 heteroatoms. The number of halogens is 1. The van der Waals surface area contributed by atoms with Gasteiger partial charge >= 0.3 is 0 Å². The van der Waals surface area contributed by atoms with Crippen LogP contribution >= 0.6 is 0 Å². The summed E-state index contributed by atoms with van der Waals surface area (Å²) < 4.78 is 16.3. The number of nitrogens with zero attached hydrogens (tertiary/aromatic N) is 3. The Morgan fingerprint density at radius 3 is 2.61 bits per heavy atom. The lowest BCUT2D eigenvalue weighted by atomic mass is 10.1. The van der Waals surface area contributed by atoms with Crippen molar-refractivity contribution in [3.8, 4) is 0 Å². The van der Waals surface area contributed by atoms with E-state index in [2.05, 4.69) is 40.8 Å². The van der Waals surface area contributed by atoms with E-state index >= 15 is 0 Å². The van der Waals surface area contributed by atoms with Gasteiger partial charge in [0.1, 0.15) is 11.6 Å². The lowest BCUT2D eigenvalue weighted by molar-refractivity contribution is -0.121. The summed E-state index contributed by atoms with van der Waals surface area (Å²) in [4.78, 5) is 19.7. The number of rotatable bonds is 8. The number of aryl methyl sites for hydroxylation is 3. The number of amides is 1. The van der Waals surface area contributed by atoms with E-state index < -0.39 is 0 Å². The molecule has 1 aromatic heterocycles. The van der Waals surface area contributed by atoms with Crippen LogP contribution in [0.5, 0.6) is 0 Å². The highest BCUT2D eigenvalue weighted by molar-refractivity contribution is 5.79. The quantitative estimate of drug-likeness (QED) is 0.597. The number of fused-ring (bicyclic) bond motifs is 1. The number of carbonyl (C=O) groups is 1. The number of imidazole rings is 1. The average molecular weight is 423 g/mol. The number of hydrogen-bond acceptors (Lipinski definition) is 3. The molecule has 4 rings (SSSR count). The van der Waals surface area contributed by atoms with Gasteiger partial charge in [0.05, 0.1) is 11.0 Å². The molecular weight excluding hydrogens is 391 g/mol. The van der Waals surface area contributed by atoms with E-state index in [9.17, 15) is 9.18 Å². The molecule has 0 saturated carbocycles. The van der Waals surface area contributed by atoms with Crippen molar-refractivity contribution in [3.05, 3.63) is 64.7 Å². The van der Waals surface area contributed by atoms with Crippen LogP contribution in [-0.4, -0.2) is 46.5 Å². The molecule has 0 aliphatic carbocycles. The number of carbonyl (C=O) groups excluding carboxylic acids is 1. The first kappa shape index (κ1) is 21.5. The highest BCUT2D eigenvalue weighted by Crippen LogP contribution is 2.23. The fourth-order valence-corrected chi connectivity index (χ4v) is 4.29. The fraction of sp³-hybridized carbons (Fsp3) is 0.440. The van der Waals surface area contributed by atoms with Crippen molar-refractivity contribution in [2.24, 2.45) is 0 Å². The molecule has 1 amide bonds. The number of aromatic nitrogens is 2. The Kier molecular flexibility index (Phi) is 6.66. The Bertz CT molecular complexity index is 1070. The molecule has 164 valence electrons. The molecule has 1 aliphatic rings. The summed E-state index contributed by atoms with van der Waals surface area (Å²) in [6.07, 6.45) is 3.29. The standard InChI is InChI=1S/C25H31FN4O/c1-18-15-22-23(16-19(18)2)30(24(28-22)17-20-7-3-4-8-21(20)26)13-9-25(31)27-10-14-29-11-5-6-12-29/h3-4,7-8,15-16H,5-6,9-14,17H2,1-2H3,(H,27,31). The van der Waals surface area contributed by atoms with Crippen LogP contribution in [0.2, 0.25) is 0 Å². The molecule has 2 heterocycles. The van der Waals surface area contributed by atoms with E-state index in [4.69, 9.17) is 4.98 Å². The predicted octanol–water partition coefficient (Wildman–Crippen LogP) is 3.99. The van der Waals surface area contributed by atoms with Crippen molar-refractivity contribution in [3.63, 3.8) is 0 Å². The van der Waals surface area contributed by atoms with E-state index in [1.54, 1.807) is 12.1 Å². The lowest BCUT2D eigenvalue weighted by Crippen LogP contribution is -2.33. The minimum Gasteiger partial charge on any atom is -0.355 e. The Morgan fingerprint density at radius 2 is 1.84 bits per heavy atom. The van der Waals surface area contributed by atoms with Gasteiger partial charge in [-0.1, -0.05) is 18.2 Å². The van der Waals surface area contributed by atoms with Crippen molar-refractivity contribution in [2.75, 3.05) is 26.2 Å². The normalized spacial score (nSPS) is 14.4. The molecule has 3 aromatic rings. The molecule has 1 saturated heterocycles. The van der Waals surface area contributed by atoms with Gasteiger partial charge in [0.25, 0.3) is 0 Å². The van der Waals surface area contributed by atoms with E-state index in [-0.39, 0.29) is 11.7 Å². The average Bonchev–Trinajstić information content (AvgIpc) is 3.37. The van der Waals surface area contributed by atoms with Crippen LogP contribution in [0.25, 0.3) is 11.0 Å². The van der Waals surface area contributed by atoms with Gasteiger partial charge in [-0.25, -0.2) is 9.37 Å². The van der Waals surface area contributed by atoms with Crippen molar-refractivity contribution in [1.29, 1.82) is 0 Å². The van der Waals surface area contributed by atoms with Crippen molar-refractivity contribution >= 4 is 16.9 Å². The highest BCUT2D eigenvalue weighted by Gasteiger charge is 2.16. The Morgan fingerprint density at radius 1 is 1.10 bits per heavy atom. The van der Waals surface area contributed by atoms with Gasteiger partial charge in [-0.15, -0.1) is 0 Å². The molecule has 0 atom stereocenters. The number of hydrogen-bond donors (Lipinski definition) is 1. The van der Waals surface area contributed by atoms with Crippen LogP contribution in [0.4, 0.5) is 4.39 Å². The molecule has 0 spiro atoms. The second-order valence-corrected chi connectivity index (χ2v) is 8.52. The van der Waals surface area contributed by atoms with Crippen molar-refractivity contribution < 1.29 is 9.18 Å². The number of likely N-dealkylation sites (tertiary alicyclic amines) is 1.